The van der Waals surface area contributed by atoms with E-state index in [-0.39, 0.29) is 0 Å². The molecule has 0 aromatic heterocycles. The summed E-state index contributed by atoms with van der Waals surface area (Å²) in [5.41, 5.74) is 5.79. The Morgan fingerprint density at radius 1 is 1.05 bits per heavy atom. The van der Waals surface area contributed by atoms with Crippen LogP contribution in [0.2, 0.25) is 0 Å². The molecule has 0 spiro atoms. The molecule has 1 amide bonds. The van der Waals surface area contributed by atoms with E-state index in [0.29, 0.717) is 11.9 Å². The van der Waals surface area contributed by atoms with E-state index >= 15 is 0 Å². The van der Waals surface area contributed by atoms with Crippen LogP contribution >= 0.6 is 0 Å². The number of rotatable bonds is 9. The van der Waals surface area contributed by atoms with Gasteiger partial charge in [-0.3, -0.25) is 9.69 Å². The van der Waals surface area contributed by atoms with Gasteiger partial charge in [-0.15, -0.1) is 0 Å². The van der Waals surface area contributed by atoms with Crippen molar-refractivity contribution in [2.45, 2.75) is 64.8 Å². The molecule has 1 aliphatic heterocycles. The molecule has 118 valence electrons. The summed E-state index contributed by atoms with van der Waals surface area (Å²) in [7, 11) is 0. The highest BCUT2D eigenvalue weighted by atomic mass is 16.2. The molecule has 0 saturated carbocycles. The lowest BCUT2D eigenvalue weighted by atomic mass is 10.1. The van der Waals surface area contributed by atoms with Crippen molar-refractivity contribution in [2.24, 2.45) is 5.73 Å². The second-order valence-electron chi connectivity index (χ2n) is 5.88. The van der Waals surface area contributed by atoms with Gasteiger partial charge in [-0.05, 0) is 12.8 Å². The van der Waals surface area contributed by atoms with Crippen molar-refractivity contribution in [2.75, 3.05) is 32.7 Å². The minimum atomic E-state index is 0.349. The molecular formula is C16H33N3O. The molecule has 20 heavy (non-hydrogen) atoms. The van der Waals surface area contributed by atoms with E-state index in [2.05, 4.69) is 18.7 Å². The van der Waals surface area contributed by atoms with Crippen LogP contribution in [-0.2, 0) is 4.79 Å². The van der Waals surface area contributed by atoms with Gasteiger partial charge in [-0.2, -0.15) is 0 Å². The van der Waals surface area contributed by atoms with Crippen molar-refractivity contribution in [3.63, 3.8) is 0 Å². The van der Waals surface area contributed by atoms with Crippen LogP contribution in [0.3, 0.4) is 0 Å². The monoisotopic (exact) mass is 283 g/mol. The number of nitrogens with zero attached hydrogens (tertiary/aromatic N) is 2. The van der Waals surface area contributed by atoms with Crippen LogP contribution in [0.1, 0.15) is 58.8 Å². The Morgan fingerprint density at radius 2 is 1.70 bits per heavy atom. The Bertz CT molecular complexity index is 258. The summed E-state index contributed by atoms with van der Waals surface area (Å²) >= 11 is 0. The standard InChI is InChI=1S/C16H33N3O/c1-3-5-6-7-8-9-16(20)19-12-10-18(11-13-19)15(4-2)14-17/h15H,3-14,17H2,1-2H3. The van der Waals surface area contributed by atoms with Gasteiger partial charge in [0, 0.05) is 45.2 Å². The maximum Gasteiger partial charge on any atom is 0.222 e. The quantitative estimate of drug-likeness (QED) is 0.660. The van der Waals surface area contributed by atoms with Crippen molar-refractivity contribution in [1.29, 1.82) is 0 Å². The van der Waals surface area contributed by atoms with Gasteiger partial charge in [-0.1, -0.05) is 39.5 Å². The first-order chi connectivity index (χ1) is 9.72. The molecular weight excluding hydrogens is 250 g/mol. The summed E-state index contributed by atoms with van der Waals surface area (Å²) in [6, 6.07) is 0.487. The van der Waals surface area contributed by atoms with Crippen molar-refractivity contribution < 1.29 is 4.79 Å². The maximum atomic E-state index is 12.1. The summed E-state index contributed by atoms with van der Waals surface area (Å²) in [5.74, 6) is 0.349. The number of unbranched alkanes of at least 4 members (excludes halogenated alkanes) is 4. The molecule has 1 rings (SSSR count). The topological polar surface area (TPSA) is 49.6 Å². The molecule has 0 bridgehead atoms. The zero-order valence-corrected chi connectivity index (χ0v) is 13.4. The van der Waals surface area contributed by atoms with E-state index in [0.717, 1.165) is 52.0 Å². The average molecular weight is 283 g/mol. The number of hydrogen-bond acceptors (Lipinski definition) is 3. The first kappa shape index (κ1) is 17.4. The normalized spacial score (nSPS) is 18.2. The van der Waals surface area contributed by atoms with Crippen molar-refractivity contribution in [3.05, 3.63) is 0 Å². The number of hydrogen-bond donors (Lipinski definition) is 1. The van der Waals surface area contributed by atoms with Gasteiger partial charge < -0.3 is 10.6 Å². The molecule has 0 aromatic rings. The Balaban J connectivity index is 2.18. The van der Waals surface area contributed by atoms with Crippen LogP contribution in [0.15, 0.2) is 0 Å². The Labute approximate surface area is 124 Å². The van der Waals surface area contributed by atoms with Crippen LogP contribution in [-0.4, -0.2) is 54.5 Å². The lowest BCUT2D eigenvalue weighted by Crippen LogP contribution is -2.53. The lowest BCUT2D eigenvalue weighted by molar-refractivity contribution is -0.133. The molecule has 1 unspecified atom stereocenters. The number of nitrogens with two attached hydrogens (primary N) is 1. The van der Waals surface area contributed by atoms with E-state index in [9.17, 15) is 4.79 Å². The van der Waals surface area contributed by atoms with Crippen LogP contribution < -0.4 is 5.73 Å². The summed E-state index contributed by atoms with van der Waals surface area (Å²) in [5, 5.41) is 0. The van der Waals surface area contributed by atoms with Gasteiger partial charge in [-0.25, -0.2) is 0 Å². The van der Waals surface area contributed by atoms with Crippen LogP contribution in [0.25, 0.3) is 0 Å². The highest BCUT2D eigenvalue weighted by molar-refractivity contribution is 5.76. The predicted octanol–water partition coefficient (Wildman–Crippen LogP) is 2.23. The van der Waals surface area contributed by atoms with Crippen LogP contribution in [0, 0.1) is 0 Å². The summed E-state index contributed by atoms with van der Waals surface area (Å²) in [6.45, 7) is 8.85. The van der Waals surface area contributed by atoms with E-state index in [1.165, 1.54) is 25.7 Å². The predicted molar refractivity (Wildman–Crippen MR) is 84.7 cm³/mol. The highest BCUT2D eigenvalue weighted by Crippen LogP contribution is 2.11. The minimum absolute atomic E-state index is 0.349. The van der Waals surface area contributed by atoms with E-state index in [1.807, 2.05) is 4.90 Å². The van der Waals surface area contributed by atoms with Gasteiger partial charge in [0.1, 0.15) is 0 Å². The lowest BCUT2D eigenvalue weighted by Gasteiger charge is -2.38. The van der Waals surface area contributed by atoms with Crippen LogP contribution in [0.5, 0.6) is 0 Å². The molecule has 0 aromatic carbocycles. The first-order valence-electron chi connectivity index (χ1n) is 8.44. The molecule has 1 heterocycles. The van der Waals surface area contributed by atoms with E-state index in [4.69, 9.17) is 5.73 Å². The molecule has 1 saturated heterocycles. The van der Waals surface area contributed by atoms with Gasteiger partial charge in [0.15, 0.2) is 0 Å². The first-order valence-corrected chi connectivity index (χ1v) is 8.44. The summed E-state index contributed by atoms with van der Waals surface area (Å²) in [6.07, 6.45) is 7.91. The van der Waals surface area contributed by atoms with E-state index in [1.54, 1.807) is 0 Å². The second-order valence-corrected chi connectivity index (χ2v) is 5.88. The third-order valence-electron chi connectivity index (χ3n) is 4.42. The van der Waals surface area contributed by atoms with Gasteiger partial charge in [0.2, 0.25) is 5.91 Å². The molecule has 1 atom stereocenters. The van der Waals surface area contributed by atoms with E-state index < -0.39 is 0 Å². The fraction of sp³-hybridized carbons (Fsp3) is 0.938. The third kappa shape index (κ3) is 5.80. The Morgan fingerprint density at radius 3 is 2.25 bits per heavy atom. The average Bonchev–Trinajstić information content (AvgIpc) is 2.49. The van der Waals surface area contributed by atoms with Gasteiger partial charge in [0.25, 0.3) is 0 Å². The molecule has 4 nitrogen and oxygen atoms in total. The summed E-state index contributed by atoms with van der Waals surface area (Å²) < 4.78 is 0. The number of piperazine rings is 1. The van der Waals surface area contributed by atoms with Crippen LogP contribution in [0.4, 0.5) is 0 Å². The summed E-state index contributed by atoms with van der Waals surface area (Å²) in [4.78, 5) is 16.6. The SMILES string of the molecule is CCCCCCCC(=O)N1CCN(C(CC)CN)CC1. The largest absolute Gasteiger partial charge is 0.340 e. The third-order valence-corrected chi connectivity index (χ3v) is 4.42. The fourth-order valence-corrected chi connectivity index (χ4v) is 2.95. The zero-order chi connectivity index (χ0) is 14.8. The zero-order valence-electron chi connectivity index (χ0n) is 13.4. The number of carbonyl (C=O) groups excluding carboxylic acids is 1. The molecule has 0 radical (unpaired) electrons. The molecule has 1 fully saturated rings. The molecule has 1 aliphatic rings. The fourth-order valence-electron chi connectivity index (χ4n) is 2.95. The van der Waals surface area contributed by atoms with Gasteiger partial charge >= 0.3 is 0 Å². The smallest absolute Gasteiger partial charge is 0.222 e. The molecule has 2 N–H and O–H groups in total. The van der Waals surface area contributed by atoms with Crippen molar-refractivity contribution in [3.8, 4) is 0 Å². The highest BCUT2D eigenvalue weighted by Gasteiger charge is 2.24. The number of amides is 1. The molecule has 4 heteroatoms. The van der Waals surface area contributed by atoms with Crippen molar-refractivity contribution in [1.82, 2.24) is 9.80 Å². The van der Waals surface area contributed by atoms with Crippen molar-refractivity contribution >= 4 is 5.91 Å². The maximum absolute atomic E-state index is 12.1. The second kappa shape index (κ2) is 10.2. The Kier molecular flexibility index (Phi) is 8.86. The Hall–Kier alpha value is -0.610. The molecule has 0 aliphatic carbocycles. The minimum Gasteiger partial charge on any atom is -0.340 e. The number of carbonyl (C=O) groups is 1. The van der Waals surface area contributed by atoms with Gasteiger partial charge in [0.05, 0.1) is 0 Å².